The maximum Gasteiger partial charge on any atom is 0.228 e. The van der Waals surface area contributed by atoms with E-state index < -0.39 is 0 Å². The molecule has 4 fully saturated rings. The number of fused-ring (bicyclic) bond motifs is 4. The van der Waals surface area contributed by atoms with Gasteiger partial charge in [0, 0.05) is 47.4 Å². The zero-order valence-electron chi connectivity index (χ0n) is 31.6. The van der Waals surface area contributed by atoms with Crippen LogP contribution in [0.3, 0.4) is 0 Å². The molecule has 4 aliphatic carbocycles. The van der Waals surface area contributed by atoms with Crippen LogP contribution in [0.25, 0.3) is 21.8 Å². The summed E-state index contributed by atoms with van der Waals surface area (Å²) in [7, 11) is 0. The van der Waals surface area contributed by atoms with E-state index >= 15 is 0 Å². The molecule has 0 spiro atoms. The van der Waals surface area contributed by atoms with Gasteiger partial charge in [-0.15, -0.1) is 0 Å². The summed E-state index contributed by atoms with van der Waals surface area (Å²) < 4.78 is 27.6. The number of nitrogens with zero attached hydrogens (tertiary/aromatic N) is 4. The van der Waals surface area contributed by atoms with Crippen LogP contribution < -0.4 is 10.6 Å². The van der Waals surface area contributed by atoms with Crippen molar-refractivity contribution in [3.05, 3.63) is 130 Å². The van der Waals surface area contributed by atoms with Crippen LogP contribution in [0.15, 0.2) is 97.6 Å². The summed E-state index contributed by atoms with van der Waals surface area (Å²) in [6, 6.07) is 20.6. The third-order valence-corrected chi connectivity index (χ3v) is 13.5. The summed E-state index contributed by atoms with van der Waals surface area (Å²) in [5.41, 5.74) is 4.06. The van der Waals surface area contributed by atoms with Gasteiger partial charge < -0.3 is 10.6 Å². The van der Waals surface area contributed by atoms with E-state index in [2.05, 4.69) is 30.6 Å². The third-order valence-electron chi connectivity index (χ3n) is 13.1. The molecular weight excluding hydrogens is 777 g/mol. The molecule has 0 radical (unpaired) electrons. The van der Waals surface area contributed by atoms with E-state index in [0.29, 0.717) is 57.2 Å². The first-order valence-electron chi connectivity index (χ1n) is 20.1. The lowest BCUT2D eigenvalue weighted by Gasteiger charge is -2.16. The molecule has 0 aliphatic heterocycles. The maximum atomic E-state index is 13.8. The summed E-state index contributed by atoms with van der Waals surface area (Å²) >= 11 is 11.7. The number of amides is 2. The topological polar surface area (TPSA) is 110 Å². The van der Waals surface area contributed by atoms with Gasteiger partial charge in [-0.1, -0.05) is 23.2 Å². The average molecular weight is 820 g/mol. The fourth-order valence-corrected chi connectivity index (χ4v) is 10.7. The minimum atomic E-state index is -0.225. The largest absolute Gasteiger partial charge is 0.310 e. The Morgan fingerprint density at radius 3 is 1.28 bits per heavy atom. The summed E-state index contributed by atoms with van der Waals surface area (Å²) in [6.07, 6.45) is 14.5. The third kappa shape index (κ3) is 8.14. The Balaban J connectivity index is 0.000000150. The van der Waals surface area contributed by atoms with Crippen molar-refractivity contribution in [3.63, 3.8) is 0 Å². The lowest BCUT2D eigenvalue weighted by atomic mass is 9.90. The van der Waals surface area contributed by atoms with Gasteiger partial charge >= 0.3 is 0 Å². The van der Waals surface area contributed by atoms with Crippen LogP contribution in [0.4, 0.5) is 20.4 Å². The molecule has 2 amide bonds. The number of aromatic nitrogens is 4. The van der Waals surface area contributed by atoms with Crippen molar-refractivity contribution in [2.75, 3.05) is 10.6 Å². The molecule has 0 bridgehead atoms. The van der Waals surface area contributed by atoms with E-state index in [1.807, 2.05) is 24.5 Å². The van der Waals surface area contributed by atoms with E-state index in [1.165, 1.54) is 35.7 Å². The van der Waals surface area contributed by atoms with E-state index in [9.17, 15) is 18.4 Å². The van der Waals surface area contributed by atoms with Crippen LogP contribution in [-0.4, -0.2) is 31.8 Å². The molecule has 12 heteroatoms. The number of carbonyl (C=O) groups is 2. The maximum absolute atomic E-state index is 13.8. The number of benzene rings is 2. The predicted molar refractivity (Wildman–Crippen MR) is 223 cm³/mol. The van der Waals surface area contributed by atoms with Crippen molar-refractivity contribution in [2.24, 2.45) is 35.5 Å². The second kappa shape index (κ2) is 16.3. The molecule has 296 valence electrons. The molecule has 4 aromatic heterocycles. The average Bonchev–Trinajstić information content (AvgIpc) is 4.00. The van der Waals surface area contributed by atoms with Crippen LogP contribution in [0.2, 0.25) is 10.0 Å². The Bertz CT molecular complexity index is 2290. The van der Waals surface area contributed by atoms with Gasteiger partial charge in [0.05, 0.1) is 21.1 Å². The van der Waals surface area contributed by atoms with Gasteiger partial charge in [-0.2, -0.15) is 0 Å². The first-order valence-corrected chi connectivity index (χ1v) is 20.8. The Labute approximate surface area is 345 Å². The van der Waals surface area contributed by atoms with Crippen LogP contribution >= 0.6 is 23.2 Å². The van der Waals surface area contributed by atoms with Crippen molar-refractivity contribution >= 4 is 68.5 Å². The molecule has 2 aromatic carbocycles. The molecule has 4 aliphatic rings. The minimum absolute atomic E-state index is 0.0232. The highest BCUT2D eigenvalue weighted by atomic mass is 35.5. The fraction of sp³-hybridized carbons (Fsp3) is 0.348. The standard InChI is InChI=1S/2C23H21ClFN3O/c2*24-17-1-4-22(27-12-17)28-23(29)16-9-13-7-15(8-14(13)10-16)19-5-6-26-21-3-2-18(25)11-20(19)21/h2*1-6,11-16H,7-10H2,(H,27,28,29)/t2*13-,14+,15?,16?. The SMILES string of the molecule is O=C(Nc1ccc(Cl)cn1)C1C[C@@H]2CC(c3ccnc4ccc(F)cc34)C[C@@H]2C1.O=C(Nc1ccc(Cl)cn1)C1C[C@@H]2CC(c3ccnc4ccc(F)cc34)C[C@@H]2C1. The van der Waals surface area contributed by atoms with Crippen molar-refractivity contribution in [3.8, 4) is 0 Å². The Kier molecular flexibility index (Phi) is 10.8. The number of hydrogen-bond acceptors (Lipinski definition) is 6. The fourth-order valence-electron chi connectivity index (χ4n) is 10.5. The van der Waals surface area contributed by atoms with Gasteiger partial charge in [0.1, 0.15) is 23.3 Å². The molecule has 8 atom stereocenters. The summed E-state index contributed by atoms with van der Waals surface area (Å²) in [5, 5.41) is 8.76. The van der Waals surface area contributed by atoms with E-state index in [0.717, 1.165) is 73.2 Å². The second-order valence-electron chi connectivity index (χ2n) is 16.5. The van der Waals surface area contributed by atoms with Crippen LogP contribution in [0.1, 0.15) is 74.3 Å². The van der Waals surface area contributed by atoms with Gasteiger partial charge in [-0.3, -0.25) is 19.6 Å². The monoisotopic (exact) mass is 818 g/mol. The molecule has 0 saturated heterocycles. The zero-order chi connectivity index (χ0) is 39.9. The minimum Gasteiger partial charge on any atom is -0.310 e. The van der Waals surface area contributed by atoms with Crippen molar-refractivity contribution in [1.29, 1.82) is 0 Å². The van der Waals surface area contributed by atoms with E-state index in [4.69, 9.17) is 23.2 Å². The zero-order valence-corrected chi connectivity index (χ0v) is 33.1. The number of carbonyl (C=O) groups excluding carboxylic acids is 2. The van der Waals surface area contributed by atoms with E-state index in [1.54, 1.807) is 48.5 Å². The van der Waals surface area contributed by atoms with Gasteiger partial charge in [0.15, 0.2) is 0 Å². The Hall–Kier alpha value is -5.06. The van der Waals surface area contributed by atoms with Crippen molar-refractivity contribution in [2.45, 2.75) is 63.2 Å². The highest BCUT2D eigenvalue weighted by Crippen LogP contribution is 2.54. The van der Waals surface area contributed by atoms with Crippen LogP contribution in [-0.2, 0) is 9.59 Å². The summed E-state index contributed by atoms with van der Waals surface area (Å²) in [5.74, 6) is 3.70. The normalized spacial score (nSPS) is 25.9. The van der Waals surface area contributed by atoms with Gasteiger partial charge in [0.2, 0.25) is 11.8 Å². The number of pyridine rings is 4. The number of nitrogens with one attached hydrogen (secondary N) is 2. The van der Waals surface area contributed by atoms with Crippen LogP contribution in [0, 0.1) is 47.1 Å². The summed E-state index contributed by atoms with van der Waals surface area (Å²) in [4.78, 5) is 42.4. The predicted octanol–water partition coefficient (Wildman–Crippen LogP) is 11.2. The number of hydrogen-bond donors (Lipinski definition) is 2. The number of anilines is 2. The van der Waals surface area contributed by atoms with Crippen molar-refractivity contribution < 1.29 is 18.4 Å². The first-order chi connectivity index (χ1) is 28.1. The Morgan fingerprint density at radius 2 is 0.914 bits per heavy atom. The molecular formula is C46H42Cl2F2N6O2. The smallest absolute Gasteiger partial charge is 0.228 e. The number of rotatable bonds is 6. The van der Waals surface area contributed by atoms with E-state index in [-0.39, 0.29) is 35.3 Å². The molecule has 6 aromatic rings. The summed E-state index contributed by atoms with van der Waals surface area (Å²) in [6.45, 7) is 0. The highest BCUT2D eigenvalue weighted by molar-refractivity contribution is 6.30. The lowest BCUT2D eigenvalue weighted by molar-refractivity contribution is -0.120. The molecule has 4 saturated carbocycles. The molecule has 8 nitrogen and oxygen atoms in total. The highest BCUT2D eigenvalue weighted by Gasteiger charge is 2.46. The second-order valence-corrected chi connectivity index (χ2v) is 17.4. The van der Waals surface area contributed by atoms with Gasteiger partial charge in [0.25, 0.3) is 0 Å². The molecule has 10 rings (SSSR count). The molecule has 4 heterocycles. The molecule has 2 N–H and O–H groups in total. The quantitative estimate of drug-likeness (QED) is 0.173. The van der Waals surface area contributed by atoms with Gasteiger partial charge in [-0.05, 0) is 171 Å². The first kappa shape index (κ1) is 38.5. The van der Waals surface area contributed by atoms with Crippen molar-refractivity contribution in [1.82, 2.24) is 19.9 Å². The Morgan fingerprint density at radius 1 is 0.517 bits per heavy atom. The molecule has 58 heavy (non-hydrogen) atoms. The molecule has 4 unspecified atom stereocenters. The lowest BCUT2D eigenvalue weighted by Crippen LogP contribution is -2.22. The number of halogens is 4. The van der Waals surface area contributed by atoms with Gasteiger partial charge in [-0.25, -0.2) is 18.7 Å². The van der Waals surface area contributed by atoms with Crippen LogP contribution in [0.5, 0.6) is 0 Å².